The molecule has 64 valence electrons. The Morgan fingerprint density at radius 3 is 2.91 bits per heavy atom. The van der Waals surface area contributed by atoms with Gasteiger partial charge in [-0.15, -0.1) is 0 Å². The molecule has 0 bridgehead atoms. The second-order valence-electron chi connectivity index (χ2n) is 3.42. The van der Waals surface area contributed by atoms with E-state index in [-0.39, 0.29) is 6.42 Å². The fourth-order valence-corrected chi connectivity index (χ4v) is 1.57. The fraction of sp³-hybridized carbons (Fsp3) is 0.857. The first kappa shape index (κ1) is 8.49. The van der Waals surface area contributed by atoms with Crippen molar-refractivity contribution in [3.8, 4) is 0 Å². The zero-order valence-electron chi connectivity index (χ0n) is 6.63. The molecule has 1 fully saturated rings. The zero-order valence-corrected chi connectivity index (χ0v) is 6.63. The molecule has 0 aliphatic carbocycles. The van der Waals surface area contributed by atoms with Crippen LogP contribution in [0.2, 0.25) is 0 Å². The van der Waals surface area contributed by atoms with Gasteiger partial charge in [-0.1, -0.05) is 0 Å². The summed E-state index contributed by atoms with van der Waals surface area (Å²) < 4.78 is 0. The van der Waals surface area contributed by atoms with E-state index in [2.05, 4.69) is 5.32 Å². The number of nitrogens with two attached hydrogens (primary N) is 1. The smallest absolute Gasteiger partial charge is 0.305 e. The Labute approximate surface area is 65.8 Å². The second kappa shape index (κ2) is 2.79. The van der Waals surface area contributed by atoms with Crippen molar-refractivity contribution in [2.75, 3.05) is 6.54 Å². The molecule has 0 aromatic heterocycles. The van der Waals surface area contributed by atoms with Gasteiger partial charge in [-0.2, -0.15) is 0 Å². The summed E-state index contributed by atoms with van der Waals surface area (Å²) in [7, 11) is 0. The summed E-state index contributed by atoms with van der Waals surface area (Å²) in [5.74, 6) is -0.816. The van der Waals surface area contributed by atoms with Gasteiger partial charge < -0.3 is 16.2 Å². The molecule has 1 aliphatic rings. The second-order valence-corrected chi connectivity index (χ2v) is 3.42. The zero-order chi connectivity index (χ0) is 8.48. The molecule has 1 rings (SSSR count). The van der Waals surface area contributed by atoms with Crippen molar-refractivity contribution in [3.05, 3.63) is 0 Å². The van der Waals surface area contributed by atoms with Gasteiger partial charge in [-0.3, -0.25) is 4.79 Å². The minimum atomic E-state index is -0.816. The van der Waals surface area contributed by atoms with Crippen LogP contribution in [0, 0.1) is 0 Å². The minimum Gasteiger partial charge on any atom is -0.481 e. The monoisotopic (exact) mass is 158 g/mol. The quantitative estimate of drug-likeness (QED) is 0.508. The first-order valence-electron chi connectivity index (χ1n) is 3.76. The van der Waals surface area contributed by atoms with Gasteiger partial charge in [-0.05, 0) is 13.3 Å². The van der Waals surface area contributed by atoms with Crippen LogP contribution in [0.1, 0.15) is 19.8 Å². The fourth-order valence-electron chi connectivity index (χ4n) is 1.57. The van der Waals surface area contributed by atoms with Crippen molar-refractivity contribution in [3.63, 3.8) is 0 Å². The normalized spacial score (nSPS) is 37.5. The van der Waals surface area contributed by atoms with E-state index >= 15 is 0 Å². The van der Waals surface area contributed by atoms with Gasteiger partial charge in [0, 0.05) is 18.1 Å². The molecule has 2 atom stereocenters. The van der Waals surface area contributed by atoms with E-state index in [4.69, 9.17) is 10.8 Å². The summed E-state index contributed by atoms with van der Waals surface area (Å²) in [6.07, 6.45) is 0.809. The van der Waals surface area contributed by atoms with Crippen molar-refractivity contribution in [1.82, 2.24) is 5.32 Å². The van der Waals surface area contributed by atoms with Gasteiger partial charge in [0.2, 0.25) is 0 Å². The summed E-state index contributed by atoms with van der Waals surface area (Å²) in [6, 6.07) is 0.347. The van der Waals surface area contributed by atoms with Gasteiger partial charge in [0.05, 0.1) is 6.42 Å². The van der Waals surface area contributed by atoms with E-state index in [1.807, 2.05) is 6.92 Å². The highest BCUT2D eigenvalue weighted by Crippen LogP contribution is 2.19. The first-order valence-corrected chi connectivity index (χ1v) is 3.76. The van der Waals surface area contributed by atoms with Crippen LogP contribution in [0.4, 0.5) is 0 Å². The maximum absolute atomic E-state index is 10.4. The average molecular weight is 158 g/mol. The third kappa shape index (κ3) is 2.17. The maximum atomic E-state index is 10.4. The molecule has 4 heteroatoms. The van der Waals surface area contributed by atoms with Gasteiger partial charge >= 0.3 is 5.97 Å². The molecule has 0 aromatic rings. The Hall–Kier alpha value is -0.610. The predicted molar refractivity (Wildman–Crippen MR) is 41.3 cm³/mol. The van der Waals surface area contributed by atoms with Crippen LogP contribution in [0.15, 0.2) is 0 Å². The molecule has 0 amide bonds. The van der Waals surface area contributed by atoms with E-state index in [9.17, 15) is 4.79 Å². The summed E-state index contributed by atoms with van der Waals surface area (Å²) in [4.78, 5) is 10.4. The molecule has 1 heterocycles. The lowest BCUT2D eigenvalue weighted by molar-refractivity contribution is -0.138. The van der Waals surface area contributed by atoms with E-state index < -0.39 is 11.5 Å². The summed E-state index contributed by atoms with van der Waals surface area (Å²) in [5.41, 5.74) is 5.28. The lowest BCUT2D eigenvalue weighted by Crippen LogP contribution is -2.43. The number of hydrogen-bond donors (Lipinski definition) is 3. The van der Waals surface area contributed by atoms with Crippen LogP contribution in [-0.4, -0.2) is 29.2 Å². The Morgan fingerprint density at radius 2 is 2.55 bits per heavy atom. The first-order chi connectivity index (χ1) is 5.02. The number of rotatable bonds is 2. The third-order valence-corrected chi connectivity index (χ3v) is 2.02. The molecule has 1 aliphatic heterocycles. The molecular weight excluding hydrogens is 144 g/mol. The number of hydrogen-bond acceptors (Lipinski definition) is 3. The standard InChI is InChI=1S/C7H14N2O2/c1-5-2-7(8,4-9-5)3-6(10)11/h5,9H,2-4,8H2,1H3,(H,10,11). The molecule has 4 nitrogen and oxygen atoms in total. The molecule has 0 spiro atoms. The largest absolute Gasteiger partial charge is 0.481 e. The van der Waals surface area contributed by atoms with Gasteiger partial charge in [0.1, 0.15) is 0 Å². The van der Waals surface area contributed by atoms with Crippen molar-refractivity contribution in [1.29, 1.82) is 0 Å². The highest BCUT2D eigenvalue weighted by Gasteiger charge is 2.35. The van der Waals surface area contributed by atoms with Crippen LogP contribution < -0.4 is 11.1 Å². The highest BCUT2D eigenvalue weighted by atomic mass is 16.4. The summed E-state index contributed by atoms with van der Waals surface area (Å²) in [6.45, 7) is 2.62. The van der Waals surface area contributed by atoms with Crippen LogP contribution in [0.25, 0.3) is 0 Å². The van der Waals surface area contributed by atoms with Crippen molar-refractivity contribution < 1.29 is 9.90 Å². The topological polar surface area (TPSA) is 75.4 Å². The number of aliphatic carboxylic acids is 1. The summed E-state index contributed by atoms with van der Waals surface area (Å²) >= 11 is 0. The Bertz CT molecular complexity index is 172. The van der Waals surface area contributed by atoms with Crippen LogP contribution >= 0.6 is 0 Å². The predicted octanol–water partition coefficient (Wildman–Crippen LogP) is -0.460. The molecule has 11 heavy (non-hydrogen) atoms. The SMILES string of the molecule is CC1CC(N)(CC(=O)O)CN1. The van der Waals surface area contributed by atoms with Crippen molar-refractivity contribution >= 4 is 5.97 Å². The summed E-state index contributed by atoms with van der Waals surface area (Å²) in [5, 5.41) is 11.6. The molecule has 0 aromatic carbocycles. The lowest BCUT2D eigenvalue weighted by Gasteiger charge is -2.19. The van der Waals surface area contributed by atoms with Gasteiger partial charge in [0.15, 0.2) is 0 Å². The third-order valence-electron chi connectivity index (χ3n) is 2.02. The van der Waals surface area contributed by atoms with Crippen LogP contribution in [0.3, 0.4) is 0 Å². The van der Waals surface area contributed by atoms with Gasteiger partial charge in [-0.25, -0.2) is 0 Å². The highest BCUT2D eigenvalue weighted by molar-refractivity contribution is 5.68. The maximum Gasteiger partial charge on any atom is 0.305 e. The van der Waals surface area contributed by atoms with E-state index in [0.29, 0.717) is 12.6 Å². The Morgan fingerprint density at radius 1 is 1.91 bits per heavy atom. The molecule has 4 N–H and O–H groups in total. The Kier molecular flexibility index (Phi) is 2.15. The minimum absolute atomic E-state index is 0.0599. The molecule has 0 saturated carbocycles. The van der Waals surface area contributed by atoms with E-state index in [1.165, 1.54) is 0 Å². The van der Waals surface area contributed by atoms with Gasteiger partial charge in [0.25, 0.3) is 0 Å². The number of carbonyl (C=O) groups is 1. The Balaban J connectivity index is 2.48. The molecule has 1 saturated heterocycles. The lowest BCUT2D eigenvalue weighted by atomic mass is 9.94. The van der Waals surface area contributed by atoms with E-state index in [0.717, 1.165) is 6.42 Å². The van der Waals surface area contributed by atoms with Crippen molar-refractivity contribution in [2.24, 2.45) is 5.73 Å². The van der Waals surface area contributed by atoms with E-state index in [1.54, 1.807) is 0 Å². The van der Waals surface area contributed by atoms with Crippen LogP contribution in [-0.2, 0) is 4.79 Å². The number of carboxylic acid groups (broad SMARTS) is 1. The molecule has 0 radical (unpaired) electrons. The number of nitrogens with one attached hydrogen (secondary N) is 1. The average Bonchev–Trinajstić information content (AvgIpc) is 2.08. The molecule has 2 unspecified atom stereocenters. The van der Waals surface area contributed by atoms with Crippen LogP contribution in [0.5, 0.6) is 0 Å². The molecular formula is C7H14N2O2. The number of carboxylic acids is 1. The van der Waals surface area contributed by atoms with Crippen molar-refractivity contribution in [2.45, 2.75) is 31.3 Å².